The summed E-state index contributed by atoms with van der Waals surface area (Å²) < 4.78 is 72.4. The highest BCUT2D eigenvalue weighted by molar-refractivity contribution is 5.85. The lowest BCUT2D eigenvalue weighted by atomic mass is 10.1. The summed E-state index contributed by atoms with van der Waals surface area (Å²) in [7, 11) is 0. The van der Waals surface area contributed by atoms with Crippen molar-refractivity contribution in [1.29, 1.82) is 0 Å². The maximum absolute atomic E-state index is 12.6. The van der Waals surface area contributed by atoms with E-state index in [1.807, 2.05) is 0 Å². The second-order valence-corrected chi connectivity index (χ2v) is 3.06. The first kappa shape index (κ1) is 14.8. The first-order chi connectivity index (χ1) is 6.98. The molecule has 94 valence electrons. The monoisotopic (exact) mass is 250 g/mol. The minimum atomic E-state index is -5.67. The Morgan fingerprint density at radius 3 is 2.06 bits per heavy atom. The average Bonchev–Trinajstić information content (AvgIpc) is 2.11. The highest BCUT2D eigenvalue weighted by Gasteiger charge is 2.56. The summed E-state index contributed by atoms with van der Waals surface area (Å²) >= 11 is 0. The highest BCUT2D eigenvalue weighted by Crippen LogP contribution is 2.37. The summed E-state index contributed by atoms with van der Waals surface area (Å²) in [6.07, 6.45) is -11.3. The minimum Gasteiger partial charge on any atom is -0.478 e. The molecule has 1 atom stereocenters. The average molecular weight is 250 g/mol. The van der Waals surface area contributed by atoms with Crippen LogP contribution in [0.3, 0.4) is 0 Å². The van der Waals surface area contributed by atoms with Gasteiger partial charge in [0.05, 0.1) is 0 Å². The second-order valence-electron chi connectivity index (χ2n) is 3.06. The predicted molar refractivity (Wildman–Crippen MR) is 41.9 cm³/mol. The summed E-state index contributed by atoms with van der Waals surface area (Å²) in [4.78, 5) is 10.2. The van der Waals surface area contributed by atoms with Crippen molar-refractivity contribution < 1.29 is 36.2 Å². The van der Waals surface area contributed by atoms with E-state index >= 15 is 0 Å². The second kappa shape index (κ2) is 4.75. The van der Waals surface area contributed by atoms with E-state index in [9.17, 15) is 31.1 Å². The summed E-state index contributed by atoms with van der Waals surface area (Å²) in [6.45, 7) is 0.916. The van der Waals surface area contributed by atoms with Crippen molar-refractivity contribution in [3.05, 3.63) is 11.6 Å². The number of aliphatic carboxylic acids is 1. The summed E-state index contributed by atoms with van der Waals surface area (Å²) in [5, 5.41) is 8.25. The Labute approximate surface area is 86.6 Å². The smallest absolute Gasteiger partial charge is 0.425 e. The van der Waals surface area contributed by atoms with Gasteiger partial charge in [-0.2, -0.15) is 13.2 Å². The van der Waals surface area contributed by atoms with E-state index in [1.54, 1.807) is 0 Å². The van der Waals surface area contributed by atoms with Gasteiger partial charge in [0.2, 0.25) is 0 Å². The number of hydrogen-bond acceptors (Lipinski definition) is 1. The molecule has 16 heavy (non-hydrogen) atoms. The molecule has 2 nitrogen and oxygen atoms in total. The Morgan fingerprint density at radius 1 is 1.31 bits per heavy atom. The molecule has 8 heteroatoms. The van der Waals surface area contributed by atoms with Crippen molar-refractivity contribution in [1.82, 2.24) is 0 Å². The first-order valence-corrected chi connectivity index (χ1v) is 3.97. The minimum absolute atomic E-state index is 0.348. The fourth-order valence-corrected chi connectivity index (χ4v) is 0.719. The maximum atomic E-state index is 12.6. The van der Waals surface area contributed by atoms with Crippen molar-refractivity contribution in [2.24, 2.45) is 0 Å². The molecule has 1 unspecified atom stereocenters. The van der Waals surface area contributed by atoms with E-state index in [1.165, 1.54) is 0 Å². The molecule has 0 rings (SSSR count). The topological polar surface area (TPSA) is 37.3 Å². The molecule has 1 N–H and O–H groups in total. The summed E-state index contributed by atoms with van der Waals surface area (Å²) in [6, 6.07) is 0. The lowest BCUT2D eigenvalue weighted by Gasteiger charge is -2.21. The number of carboxylic acids is 1. The van der Waals surface area contributed by atoms with Crippen LogP contribution in [0.5, 0.6) is 0 Å². The van der Waals surface area contributed by atoms with E-state index in [-0.39, 0.29) is 0 Å². The van der Waals surface area contributed by atoms with Crippen molar-refractivity contribution in [2.75, 3.05) is 0 Å². The molecule has 0 saturated heterocycles. The van der Waals surface area contributed by atoms with Crippen molar-refractivity contribution in [3.8, 4) is 0 Å². The molecule has 0 radical (unpaired) electrons. The Kier molecular flexibility index (Phi) is 4.39. The first-order valence-electron chi connectivity index (χ1n) is 3.97. The molecule has 0 heterocycles. The zero-order valence-corrected chi connectivity index (χ0v) is 7.99. The lowest BCUT2D eigenvalue weighted by Crippen LogP contribution is -2.41. The third-order valence-electron chi connectivity index (χ3n) is 1.68. The quantitative estimate of drug-likeness (QED) is 0.615. The molecule has 0 aromatic rings. The third-order valence-corrected chi connectivity index (χ3v) is 1.68. The fraction of sp³-hybridized carbons (Fsp3) is 0.625. The van der Waals surface area contributed by atoms with Gasteiger partial charge in [0, 0.05) is 12.0 Å². The van der Waals surface area contributed by atoms with Gasteiger partial charge in [-0.15, -0.1) is 0 Å². The molecule has 0 bridgehead atoms. The Hall–Kier alpha value is -1.21. The van der Waals surface area contributed by atoms with E-state index in [4.69, 9.17) is 5.11 Å². The van der Waals surface area contributed by atoms with Crippen LogP contribution in [-0.2, 0) is 4.79 Å². The van der Waals surface area contributed by atoms with Gasteiger partial charge in [-0.05, 0) is 6.92 Å². The molecule has 0 fully saturated rings. The zero-order chi connectivity index (χ0) is 13.1. The van der Waals surface area contributed by atoms with Crippen LogP contribution in [0, 0.1) is 0 Å². The van der Waals surface area contributed by atoms with Gasteiger partial charge in [-0.25, -0.2) is 18.0 Å². The molecule has 0 aromatic heterocycles. The molecule has 0 spiro atoms. The standard InChI is InChI=1S/C8H8F6O2/c1-4(5(15)16)2-3-7(10,11)6(9)8(12,13)14/h2,6H,3H2,1H3,(H,15,16)/b4-2+. The predicted octanol–water partition coefficient (Wildman–Crippen LogP) is 2.94. The fourth-order valence-electron chi connectivity index (χ4n) is 0.719. The van der Waals surface area contributed by atoms with Gasteiger partial charge in [-0.1, -0.05) is 6.08 Å². The molecule has 0 aliphatic carbocycles. The molecule has 0 aromatic carbocycles. The van der Waals surface area contributed by atoms with Crippen LogP contribution in [-0.4, -0.2) is 29.3 Å². The van der Waals surface area contributed by atoms with E-state index in [2.05, 4.69) is 0 Å². The van der Waals surface area contributed by atoms with Gasteiger partial charge < -0.3 is 5.11 Å². The lowest BCUT2D eigenvalue weighted by molar-refractivity contribution is -0.243. The molecule has 0 aliphatic heterocycles. The normalized spacial score (nSPS) is 16.1. The Bertz CT molecular complexity index is 293. The SMILES string of the molecule is C/C(=C\CC(F)(F)C(F)C(F)(F)F)C(=O)O. The molecular weight excluding hydrogens is 242 g/mol. The molecule has 0 amide bonds. The van der Waals surface area contributed by atoms with Crippen LogP contribution in [0.4, 0.5) is 26.3 Å². The van der Waals surface area contributed by atoms with Crippen LogP contribution in [0.25, 0.3) is 0 Å². The summed E-state index contributed by atoms with van der Waals surface area (Å²) in [5.41, 5.74) is -0.575. The highest BCUT2D eigenvalue weighted by atomic mass is 19.4. The maximum Gasteiger partial charge on any atom is 0.425 e. The van der Waals surface area contributed by atoms with Crippen molar-refractivity contribution in [3.63, 3.8) is 0 Å². The number of halogens is 6. The van der Waals surface area contributed by atoms with Crippen molar-refractivity contribution in [2.45, 2.75) is 31.6 Å². The van der Waals surface area contributed by atoms with E-state index < -0.39 is 36.2 Å². The van der Waals surface area contributed by atoms with Crippen LogP contribution in [0.2, 0.25) is 0 Å². The van der Waals surface area contributed by atoms with Crippen LogP contribution in [0.15, 0.2) is 11.6 Å². The number of allylic oxidation sites excluding steroid dienone is 1. The number of alkyl halides is 6. The van der Waals surface area contributed by atoms with Crippen LogP contribution in [0.1, 0.15) is 13.3 Å². The van der Waals surface area contributed by atoms with Crippen LogP contribution < -0.4 is 0 Å². The van der Waals surface area contributed by atoms with Gasteiger partial charge in [-0.3, -0.25) is 0 Å². The van der Waals surface area contributed by atoms with Gasteiger partial charge in [0.1, 0.15) is 0 Å². The zero-order valence-electron chi connectivity index (χ0n) is 7.99. The van der Waals surface area contributed by atoms with Gasteiger partial charge >= 0.3 is 12.1 Å². The Morgan fingerprint density at radius 2 is 1.75 bits per heavy atom. The van der Waals surface area contributed by atoms with Gasteiger partial charge in [0.25, 0.3) is 12.1 Å². The number of carbonyl (C=O) groups is 1. The third kappa shape index (κ3) is 4.11. The Balaban J connectivity index is 4.71. The molecule has 0 saturated carbocycles. The number of rotatable bonds is 4. The number of hydrogen-bond donors (Lipinski definition) is 1. The number of carboxylic acid groups (broad SMARTS) is 1. The van der Waals surface area contributed by atoms with E-state index in [0.29, 0.717) is 6.08 Å². The molecule has 0 aliphatic rings. The van der Waals surface area contributed by atoms with Gasteiger partial charge in [0.15, 0.2) is 0 Å². The van der Waals surface area contributed by atoms with Crippen LogP contribution >= 0.6 is 0 Å². The largest absolute Gasteiger partial charge is 0.478 e. The van der Waals surface area contributed by atoms with Crippen molar-refractivity contribution >= 4 is 5.97 Å². The summed E-state index contributed by atoms with van der Waals surface area (Å²) in [5.74, 6) is -6.23. The molecular formula is C8H8F6O2. The van der Waals surface area contributed by atoms with E-state index in [0.717, 1.165) is 6.92 Å².